The molecule has 0 spiro atoms. The van der Waals surface area contributed by atoms with E-state index in [2.05, 4.69) is 0 Å². The van der Waals surface area contributed by atoms with E-state index in [-0.39, 0.29) is 11.7 Å². The molecule has 0 N–H and O–H groups in total. The zero-order valence-electron chi connectivity index (χ0n) is 14.4. The van der Waals surface area contributed by atoms with Crippen molar-refractivity contribution >= 4 is 23.1 Å². The van der Waals surface area contributed by atoms with Gasteiger partial charge < -0.3 is 9.80 Å². The van der Waals surface area contributed by atoms with Crippen LogP contribution < -0.4 is 9.80 Å². The first kappa shape index (κ1) is 16.2. The van der Waals surface area contributed by atoms with Crippen molar-refractivity contribution in [3.05, 3.63) is 59.2 Å². The van der Waals surface area contributed by atoms with Gasteiger partial charge in [0.25, 0.3) is 5.91 Å². The molecule has 4 nitrogen and oxygen atoms in total. The Morgan fingerprint density at radius 2 is 1.83 bits per heavy atom. The summed E-state index contributed by atoms with van der Waals surface area (Å²) in [4.78, 5) is 28.4. The van der Waals surface area contributed by atoms with Crippen molar-refractivity contribution in [2.24, 2.45) is 0 Å². The monoisotopic (exact) mass is 322 g/mol. The number of fused-ring (bicyclic) bond motifs is 1. The van der Waals surface area contributed by atoms with Crippen LogP contribution in [0.4, 0.5) is 11.4 Å². The smallest absolute Gasteiger partial charge is 0.258 e. The summed E-state index contributed by atoms with van der Waals surface area (Å²) in [6.07, 6.45) is 1.81. The Balaban J connectivity index is 1.95. The third-order valence-corrected chi connectivity index (χ3v) is 4.46. The van der Waals surface area contributed by atoms with Crippen molar-refractivity contribution < 1.29 is 9.59 Å². The van der Waals surface area contributed by atoms with Gasteiger partial charge in [-0.25, -0.2) is 0 Å². The zero-order valence-corrected chi connectivity index (χ0v) is 14.4. The molecule has 0 aromatic heterocycles. The molecule has 0 saturated carbocycles. The first-order chi connectivity index (χ1) is 11.5. The summed E-state index contributed by atoms with van der Waals surface area (Å²) in [5.41, 5.74) is 4.39. The summed E-state index contributed by atoms with van der Waals surface area (Å²) in [6, 6.07) is 13.3. The molecule has 1 aliphatic rings. The molecule has 1 amide bonds. The summed E-state index contributed by atoms with van der Waals surface area (Å²) in [6.45, 7) is 2.28. The molecule has 2 aromatic carbocycles. The van der Waals surface area contributed by atoms with E-state index in [1.807, 2.05) is 66.4 Å². The van der Waals surface area contributed by atoms with Gasteiger partial charge in [0.15, 0.2) is 5.78 Å². The predicted molar refractivity (Wildman–Crippen MR) is 97.2 cm³/mol. The molecule has 0 radical (unpaired) electrons. The Morgan fingerprint density at radius 3 is 2.54 bits per heavy atom. The molecular formula is C20H22N2O2. The Kier molecular flexibility index (Phi) is 4.38. The SMILES string of the molecule is CC(=O)c1ccc2c(c1)CCCN2C(=O)c1cccc(N(C)C)c1. The van der Waals surface area contributed by atoms with Crippen molar-refractivity contribution in [2.75, 3.05) is 30.4 Å². The van der Waals surface area contributed by atoms with E-state index in [1.165, 1.54) is 0 Å². The number of carbonyl (C=O) groups excluding carboxylic acids is 2. The van der Waals surface area contributed by atoms with Crippen LogP contribution in [-0.2, 0) is 6.42 Å². The van der Waals surface area contributed by atoms with Crippen LogP contribution in [0, 0.1) is 0 Å². The van der Waals surface area contributed by atoms with Crippen LogP contribution in [-0.4, -0.2) is 32.3 Å². The number of rotatable bonds is 3. The maximum Gasteiger partial charge on any atom is 0.258 e. The number of aryl methyl sites for hydroxylation is 1. The molecule has 124 valence electrons. The molecule has 0 bridgehead atoms. The van der Waals surface area contributed by atoms with Crippen LogP contribution in [0.3, 0.4) is 0 Å². The standard InChI is InChI=1S/C20H22N2O2/c1-14(23)15-9-10-19-16(12-15)7-5-11-22(19)20(24)17-6-4-8-18(13-17)21(2)3/h4,6,8-10,12-13H,5,7,11H2,1-3H3. The second-order valence-electron chi connectivity index (χ2n) is 6.40. The maximum absolute atomic E-state index is 13.0. The minimum atomic E-state index is 0.00947. The third kappa shape index (κ3) is 3.04. The predicted octanol–water partition coefficient (Wildman–Crippen LogP) is 3.55. The lowest BCUT2D eigenvalue weighted by molar-refractivity contribution is 0.0984. The molecule has 24 heavy (non-hydrogen) atoms. The number of hydrogen-bond acceptors (Lipinski definition) is 3. The molecule has 0 aliphatic carbocycles. The lowest BCUT2D eigenvalue weighted by Gasteiger charge is -2.30. The van der Waals surface area contributed by atoms with Crippen molar-refractivity contribution in [3.63, 3.8) is 0 Å². The Hall–Kier alpha value is -2.62. The van der Waals surface area contributed by atoms with E-state index >= 15 is 0 Å². The van der Waals surface area contributed by atoms with Gasteiger partial charge in [0.2, 0.25) is 0 Å². The molecule has 3 rings (SSSR count). The van der Waals surface area contributed by atoms with E-state index in [0.29, 0.717) is 17.7 Å². The number of anilines is 2. The van der Waals surface area contributed by atoms with Crippen molar-refractivity contribution in [2.45, 2.75) is 19.8 Å². The normalized spacial score (nSPS) is 13.4. The van der Waals surface area contributed by atoms with Crippen LogP contribution in [0.25, 0.3) is 0 Å². The number of amides is 1. The first-order valence-corrected chi connectivity index (χ1v) is 8.20. The fourth-order valence-corrected chi connectivity index (χ4v) is 3.10. The molecule has 0 atom stereocenters. The Morgan fingerprint density at radius 1 is 1.04 bits per heavy atom. The first-order valence-electron chi connectivity index (χ1n) is 8.20. The highest BCUT2D eigenvalue weighted by atomic mass is 16.2. The summed E-state index contributed by atoms with van der Waals surface area (Å²) in [5, 5.41) is 0. The van der Waals surface area contributed by atoms with E-state index in [0.717, 1.165) is 29.8 Å². The van der Waals surface area contributed by atoms with Gasteiger partial charge in [-0.15, -0.1) is 0 Å². The number of carbonyl (C=O) groups is 2. The molecule has 2 aromatic rings. The van der Waals surface area contributed by atoms with Crippen molar-refractivity contribution in [1.82, 2.24) is 0 Å². The van der Waals surface area contributed by atoms with Gasteiger partial charge in [0.05, 0.1) is 0 Å². The Bertz CT molecular complexity index is 796. The minimum absolute atomic E-state index is 0.00947. The fourth-order valence-electron chi connectivity index (χ4n) is 3.10. The second-order valence-corrected chi connectivity index (χ2v) is 6.40. The van der Waals surface area contributed by atoms with Crippen molar-refractivity contribution in [1.29, 1.82) is 0 Å². The summed E-state index contributed by atoms with van der Waals surface area (Å²) < 4.78 is 0. The number of nitrogens with zero attached hydrogens (tertiary/aromatic N) is 2. The number of hydrogen-bond donors (Lipinski definition) is 0. The number of Topliss-reactive ketones (excluding diaryl/α,β-unsaturated/α-hetero) is 1. The lowest BCUT2D eigenvalue weighted by Crippen LogP contribution is -2.35. The second kappa shape index (κ2) is 6.48. The van der Waals surface area contributed by atoms with Crippen LogP contribution in [0.2, 0.25) is 0 Å². The molecule has 0 saturated heterocycles. The largest absolute Gasteiger partial charge is 0.378 e. The summed E-state index contributed by atoms with van der Waals surface area (Å²) in [7, 11) is 3.92. The average Bonchev–Trinajstić information content (AvgIpc) is 2.60. The highest BCUT2D eigenvalue weighted by Crippen LogP contribution is 2.30. The van der Waals surface area contributed by atoms with Crippen LogP contribution in [0.15, 0.2) is 42.5 Å². The third-order valence-electron chi connectivity index (χ3n) is 4.46. The molecular weight excluding hydrogens is 300 g/mol. The van der Waals surface area contributed by atoms with Gasteiger partial charge >= 0.3 is 0 Å². The summed E-state index contributed by atoms with van der Waals surface area (Å²) >= 11 is 0. The fraction of sp³-hybridized carbons (Fsp3) is 0.300. The highest BCUT2D eigenvalue weighted by molar-refractivity contribution is 6.07. The molecule has 0 unspecified atom stereocenters. The topological polar surface area (TPSA) is 40.6 Å². The van der Waals surface area contributed by atoms with Gasteiger partial charge in [-0.2, -0.15) is 0 Å². The molecule has 4 heteroatoms. The van der Waals surface area contributed by atoms with Crippen molar-refractivity contribution in [3.8, 4) is 0 Å². The van der Waals surface area contributed by atoms with E-state index < -0.39 is 0 Å². The maximum atomic E-state index is 13.0. The van der Waals surface area contributed by atoms with Gasteiger partial charge in [0.1, 0.15) is 0 Å². The van der Waals surface area contributed by atoms with E-state index in [1.54, 1.807) is 6.92 Å². The molecule has 1 aliphatic heterocycles. The van der Waals surface area contributed by atoms with Crippen LogP contribution in [0.1, 0.15) is 39.6 Å². The Labute approximate surface area is 142 Å². The lowest BCUT2D eigenvalue weighted by atomic mass is 9.97. The molecule has 1 heterocycles. The van der Waals surface area contributed by atoms with E-state index in [9.17, 15) is 9.59 Å². The van der Waals surface area contributed by atoms with Gasteiger partial charge in [0, 0.05) is 43.1 Å². The summed E-state index contributed by atoms with van der Waals surface area (Å²) in [5.74, 6) is 0.0650. The van der Waals surface area contributed by atoms with Crippen LogP contribution in [0.5, 0.6) is 0 Å². The van der Waals surface area contributed by atoms with Crippen LogP contribution >= 0.6 is 0 Å². The average molecular weight is 322 g/mol. The van der Waals surface area contributed by atoms with Gasteiger partial charge in [-0.05, 0) is 61.7 Å². The minimum Gasteiger partial charge on any atom is -0.378 e. The van der Waals surface area contributed by atoms with Gasteiger partial charge in [-0.1, -0.05) is 6.07 Å². The number of ketones is 1. The number of benzene rings is 2. The zero-order chi connectivity index (χ0) is 17.3. The molecule has 0 fully saturated rings. The quantitative estimate of drug-likeness (QED) is 0.812. The highest BCUT2D eigenvalue weighted by Gasteiger charge is 2.24. The van der Waals surface area contributed by atoms with E-state index in [4.69, 9.17) is 0 Å². The van der Waals surface area contributed by atoms with Gasteiger partial charge in [-0.3, -0.25) is 9.59 Å².